The van der Waals surface area contributed by atoms with Crippen molar-refractivity contribution in [2.45, 2.75) is 90.9 Å². The third-order valence-electron chi connectivity index (χ3n) is 3.46. The largest absolute Gasteiger partial charge is 0.481 e. The molecule has 0 aromatic heterocycles. The summed E-state index contributed by atoms with van der Waals surface area (Å²) in [5, 5.41) is 32.7. The van der Waals surface area contributed by atoms with E-state index in [0.29, 0.717) is 26.1 Å². The van der Waals surface area contributed by atoms with Gasteiger partial charge in [-0.15, -0.1) is 0 Å². The maximum absolute atomic E-state index is 10.0. The second-order valence-corrected chi connectivity index (χ2v) is 6.18. The highest BCUT2D eigenvalue weighted by Crippen LogP contribution is 2.04. The molecule has 27 heavy (non-hydrogen) atoms. The summed E-state index contributed by atoms with van der Waals surface area (Å²) >= 11 is 0. The van der Waals surface area contributed by atoms with Crippen LogP contribution in [0.4, 0.5) is 0 Å². The van der Waals surface area contributed by atoms with Crippen LogP contribution in [-0.4, -0.2) is 58.8 Å². The Morgan fingerprint density at radius 3 is 1.22 bits per heavy atom. The molecule has 0 atom stereocenters. The van der Waals surface area contributed by atoms with Crippen molar-refractivity contribution in [3.05, 3.63) is 0 Å². The van der Waals surface area contributed by atoms with Gasteiger partial charge < -0.3 is 25.2 Å². The predicted molar refractivity (Wildman–Crippen MR) is 107 cm³/mol. The molecule has 0 heterocycles. The number of hydrogen-bond donors (Lipinski definition) is 4. The van der Waals surface area contributed by atoms with Crippen LogP contribution in [0.5, 0.6) is 0 Å². The van der Waals surface area contributed by atoms with Crippen LogP contribution < -0.4 is 0 Å². The molecule has 0 bridgehead atoms. The summed E-state index contributed by atoms with van der Waals surface area (Å²) in [5.74, 6) is -1.34. The second kappa shape index (κ2) is 29.6. The summed E-state index contributed by atoms with van der Waals surface area (Å²) in [5.41, 5.74) is 0. The highest BCUT2D eigenvalue weighted by molar-refractivity contribution is 5.66. The Kier molecular flexibility index (Phi) is 33.5. The molecule has 0 radical (unpaired) electrons. The lowest BCUT2D eigenvalue weighted by atomic mass is 10.1. The lowest BCUT2D eigenvalue weighted by Crippen LogP contribution is -2.03. The standard InChI is InChI=1S/2C8H16O2.C4H10O3/c2*1-2-3-4-5-6-7-8(9)10;5-1-3-7-4-2-6/h2*2-7H2,1H3,(H,9,10);5-6H,1-4H2. The first kappa shape index (κ1) is 30.5. The molecule has 0 amide bonds. The van der Waals surface area contributed by atoms with Crippen LogP contribution in [-0.2, 0) is 14.3 Å². The minimum absolute atomic E-state index is 0.0278. The zero-order valence-corrected chi connectivity index (χ0v) is 17.3. The van der Waals surface area contributed by atoms with Gasteiger partial charge in [0, 0.05) is 12.8 Å². The van der Waals surface area contributed by atoms with E-state index in [9.17, 15) is 9.59 Å². The first-order chi connectivity index (χ1) is 13.0. The van der Waals surface area contributed by atoms with Gasteiger partial charge in [0.15, 0.2) is 0 Å². The van der Waals surface area contributed by atoms with E-state index in [1.165, 1.54) is 38.5 Å². The van der Waals surface area contributed by atoms with Crippen molar-refractivity contribution in [3.63, 3.8) is 0 Å². The lowest BCUT2D eigenvalue weighted by molar-refractivity contribution is -0.138. The number of carbonyl (C=O) groups is 2. The number of hydrogen-bond acceptors (Lipinski definition) is 5. The number of aliphatic hydroxyl groups excluding tert-OH is 2. The fourth-order valence-electron chi connectivity index (χ4n) is 1.99. The summed E-state index contributed by atoms with van der Waals surface area (Å²) in [6, 6.07) is 0. The van der Waals surface area contributed by atoms with Gasteiger partial charge in [-0.3, -0.25) is 9.59 Å². The van der Waals surface area contributed by atoms with E-state index in [1.54, 1.807) is 0 Å². The highest BCUT2D eigenvalue weighted by atomic mass is 16.5. The van der Waals surface area contributed by atoms with Gasteiger partial charge in [-0.05, 0) is 12.8 Å². The Morgan fingerprint density at radius 2 is 0.963 bits per heavy atom. The van der Waals surface area contributed by atoms with Gasteiger partial charge in [0.25, 0.3) is 0 Å². The van der Waals surface area contributed by atoms with Gasteiger partial charge in [-0.2, -0.15) is 0 Å². The van der Waals surface area contributed by atoms with E-state index in [0.717, 1.165) is 25.7 Å². The minimum Gasteiger partial charge on any atom is -0.481 e. The number of carboxylic acid groups (broad SMARTS) is 2. The number of aliphatic carboxylic acids is 2. The van der Waals surface area contributed by atoms with Crippen molar-refractivity contribution in [1.29, 1.82) is 0 Å². The smallest absolute Gasteiger partial charge is 0.303 e. The number of unbranched alkanes of at least 4 members (excludes halogenated alkanes) is 8. The molecule has 7 heteroatoms. The second-order valence-electron chi connectivity index (χ2n) is 6.18. The quantitative estimate of drug-likeness (QED) is 0.293. The van der Waals surface area contributed by atoms with Crippen molar-refractivity contribution in [2.24, 2.45) is 0 Å². The van der Waals surface area contributed by atoms with Crippen LogP contribution in [0.1, 0.15) is 90.9 Å². The van der Waals surface area contributed by atoms with Gasteiger partial charge in [0.1, 0.15) is 0 Å². The zero-order valence-electron chi connectivity index (χ0n) is 17.3. The molecule has 4 N–H and O–H groups in total. The van der Waals surface area contributed by atoms with Crippen LogP contribution in [0.3, 0.4) is 0 Å². The molecule has 0 saturated heterocycles. The van der Waals surface area contributed by atoms with E-state index in [2.05, 4.69) is 18.6 Å². The maximum atomic E-state index is 10.0. The molecule has 0 aliphatic carbocycles. The summed E-state index contributed by atoms with van der Waals surface area (Å²) in [6.07, 6.45) is 11.8. The number of carboxylic acids is 2. The topological polar surface area (TPSA) is 124 Å². The third kappa shape index (κ3) is 45.7. The van der Waals surface area contributed by atoms with Crippen LogP contribution in [0.15, 0.2) is 0 Å². The number of rotatable bonds is 16. The fraction of sp³-hybridized carbons (Fsp3) is 0.900. The van der Waals surface area contributed by atoms with E-state index < -0.39 is 11.9 Å². The van der Waals surface area contributed by atoms with Crippen LogP contribution in [0.2, 0.25) is 0 Å². The molecular weight excluding hydrogens is 352 g/mol. The van der Waals surface area contributed by atoms with Crippen molar-refractivity contribution in [3.8, 4) is 0 Å². The molecule has 0 aliphatic rings. The van der Waals surface area contributed by atoms with Gasteiger partial charge in [-0.1, -0.05) is 65.2 Å². The summed E-state index contributed by atoms with van der Waals surface area (Å²) in [4.78, 5) is 20.1. The first-order valence-electron chi connectivity index (χ1n) is 10.2. The van der Waals surface area contributed by atoms with Gasteiger partial charge in [-0.25, -0.2) is 0 Å². The van der Waals surface area contributed by atoms with Gasteiger partial charge >= 0.3 is 11.9 Å². The Bertz CT molecular complexity index is 268. The molecular formula is C20H42O7. The minimum atomic E-state index is -0.670. The Hall–Kier alpha value is -1.18. The predicted octanol–water partition coefficient (Wildman–Crippen LogP) is 3.85. The lowest BCUT2D eigenvalue weighted by Gasteiger charge is -1.95. The maximum Gasteiger partial charge on any atom is 0.303 e. The summed E-state index contributed by atoms with van der Waals surface area (Å²) in [6.45, 7) is 5.00. The Balaban J connectivity index is -0.000000326. The first-order valence-corrected chi connectivity index (χ1v) is 10.2. The summed E-state index contributed by atoms with van der Waals surface area (Å²) < 4.78 is 4.63. The zero-order chi connectivity index (χ0) is 21.2. The van der Waals surface area contributed by atoms with Crippen LogP contribution in [0, 0.1) is 0 Å². The molecule has 0 rings (SSSR count). The molecule has 0 aliphatic heterocycles. The van der Waals surface area contributed by atoms with Crippen LogP contribution >= 0.6 is 0 Å². The molecule has 164 valence electrons. The van der Waals surface area contributed by atoms with E-state index in [4.69, 9.17) is 20.4 Å². The van der Waals surface area contributed by atoms with Crippen molar-refractivity contribution < 1.29 is 34.8 Å². The van der Waals surface area contributed by atoms with E-state index in [-0.39, 0.29) is 13.2 Å². The number of aliphatic hydroxyl groups is 2. The van der Waals surface area contributed by atoms with Crippen molar-refractivity contribution in [1.82, 2.24) is 0 Å². The Morgan fingerprint density at radius 1 is 0.630 bits per heavy atom. The molecule has 0 aromatic rings. The SMILES string of the molecule is CCCCCCCC(=O)O.CCCCCCCC(=O)O.OCCOCCO. The van der Waals surface area contributed by atoms with Gasteiger partial charge in [0.2, 0.25) is 0 Å². The highest BCUT2D eigenvalue weighted by Gasteiger charge is 1.95. The third-order valence-corrected chi connectivity index (χ3v) is 3.46. The van der Waals surface area contributed by atoms with Gasteiger partial charge in [0.05, 0.1) is 26.4 Å². The molecule has 0 aromatic carbocycles. The van der Waals surface area contributed by atoms with Crippen molar-refractivity contribution >= 4 is 11.9 Å². The van der Waals surface area contributed by atoms with E-state index >= 15 is 0 Å². The molecule has 0 saturated carbocycles. The normalized spacial score (nSPS) is 9.63. The van der Waals surface area contributed by atoms with E-state index in [1.807, 2.05) is 0 Å². The average molecular weight is 395 g/mol. The monoisotopic (exact) mass is 394 g/mol. The molecule has 0 unspecified atom stereocenters. The fourth-order valence-corrected chi connectivity index (χ4v) is 1.99. The molecule has 0 spiro atoms. The molecule has 7 nitrogen and oxygen atoms in total. The number of ether oxygens (including phenoxy) is 1. The Labute approximate surface area is 164 Å². The summed E-state index contributed by atoms with van der Waals surface area (Å²) in [7, 11) is 0. The van der Waals surface area contributed by atoms with Crippen LogP contribution in [0.25, 0.3) is 0 Å². The average Bonchev–Trinajstić information content (AvgIpc) is 2.62. The van der Waals surface area contributed by atoms with Crippen molar-refractivity contribution in [2.75, 3.05) is 26.4 Å². The molecule has 0 fully saturated rings.